The van der Waals surface area contributed by atoms with E-state index in [0.717, 1.165) is 13.1 Å². The molecule has 0 heterocycles. The highest BCUT2D eigenvalue weighted by Gasteiger charge is 1.98. The minimum Gasteiger partial charge on any atom is -0.484 e. The van der Waals surface area contributed by atoms with Gasteiger partial charge in [0.25, 0.3) is 5.91 Å². The quantitative estimate of drug-likeness (QED) is 0.671. The van der Waals surface area contributed by atoms with Gasteiger partial charge in [-0.2, -0.15) is 0 Å². The summed E-state index contributed by atoms with van der Waals surface area (Å²) in [5.74, 6) is 0.215. The fraction of sp³-hybridized carbons (Fsp3) is 0.364. The Hall–Kier alpha value is -1.55. The van der Waals surface area contributed by atoms with Gasteiger partial charge in [0.05, 0.1) is 6.54 Å². The average molecular weight is 209 g/mol. The number of benzene rings is 1. The van der Waals surface area contributed by atoms with E-state index in [9.17, 15) is 4.79 Å². The molecule has 4 heteroatoms. The molecular weight excluding hydrogens is 192 g/mol. The van der Waals surface area contributed by atoms with Crippen LogP contribution in [-0.2, 0) is 11.3 Å². The molecular formula is C11H17N2O2+. The summed E-state index contributed by atoms with van der Waals surface area (Å²) in [5.41, 5.74) is 6.21. The maximum Gasteiger partial charge on any atom is 0.255 e. The molecule has 0 bridgehead atoms. The predicted molar refractivity (Wildman–Crippen MR) is 57.3 cm³/mol. The lowest BCUT2D eigenvalue weighted by Crippen LogP contribution is -2.81. The van der Waals surface area contributed by atoms with Crippen molar-refractivity contribution >= 4 is 5.91 Å². The standard InChI is InChI=1S/C11H16N2O2/c1-2-13-7-9-3-5-10(6-4-9)15-8-11(12)14/h3-6,13H,2,7-8H2,1H3,(H2,12,14)/p+1. The highest BCUT2D eigenvalue weighted by Crippen LogP contribution is 2.11. The summed E-state index contributed by atoms with van der Waals surface area (Å²) in [6, 6.07) is 7.68. The smallest absolute Gasteiger partial charge is 0.255 e. The Morgan fingerprint density at radius 1 is 1.40 bits per heavy atom. The normalized spacial score (nSPS) is 9.93. The highest BCUT2D eigenvalue weighted by atomic mass is 16.5. The van der Waals surface area contributed by atoms with Gasteiger partial charge in [-0.05, 0) is 31.2 Å². The summed E-state index contributed by atoms with van der Waals surface area (Å²) in [6.45, 7) is 4.08. The van der Waals surface area contributed by atoms with E-state index in [4.69, 9.17) is 10.5 Å². The van der Waals surface area contributed by atoms with Gasteiger partial charge in [-0.15, -0.1) is 0 Å². The minimum absolute atomic E-state index is 0.0690. The number of quaternary nitrogens is 1. The molecule has 0 fully saturated rings. The first-order chi connectivity index (χ1) is 7.22. The van der Waals surface area contributed by atoms with Crippen LogP contribution in [0, 0.1) is 0 Å². The van der Waals surface area contributed by atoms with E-state index in [0.29, 0.717) is 5.75 Å². The molecule has 0 unspecified atom stereocenters. The number of hydrogen-bond acceptors (Lipinski definition) is 2. The first-order valence-electron chi connectivity index (χ1n) is 5.04. The van der Waals surface area contributed by atoms with Gasteiger partial charge in [0, 0.05) is 5.56 Å². The van der Waals surface area contributed by atoms with E-state index in [2.05, 4.69) is 12.2 Å². The molecule has 4 nitrogen and oxygen atoms in total. The molecule has 1 aromatic carbocycles. The van der Waals surface area contributed by atoms with Crippen LogP contribution in [0.5, 0.6) is 5.75 Å². The Labute approximate surface area is 89.4 Å². The number of carbonyl (C=O) groups excluding carboxylic acids is 1. The Balaban J connectivity index is 2.45. The van der Waals surface area contributed by atoms with Gasteiger partial charge in [0.15, 0.2) is 6.61 Å². The number of ether oxygens (including phenoxy) is 1. The maximum absolute atomic E-state index is 10.5. The lowest BCUT2D eigenvalue weighted by Gasteiger charge is -2.04. The monoisotopic (exact) mass is 209 g/mol. The molecule has 1 amide bonds. The van der Waals surface area contributed by atoms with Crippen molar-refractivity contribution in [3.8, 4) is 5.75 Å². The summed E-state index contributed by atoms with van der Waals surface area (Å²) in [7, 11) is 0. The lowest BCUT2D eigenvalue weighted by atomic mass is 10.2. The molecule has 82 valence electrons. The minimum atomic E-state index is -0.460. The van der Waals surface area contributed by atoms with Crippen molar-refractivity contribution in [1.82, 2.24) is 0 Å². The second kappa shape index (κ2) is 6.03. The molecule has 0 atom stereocenters. The summed E-state index contributed by atoms with van der Waals surface area (Å²) >= 11 is 0. The molecule has 0 saturated carbocycles. The second-order valence-corrected chi connectivity index (χ2v) is 3.30. The van der Waals surface area contributed by atoms with Crippen molar-refractivity contribution in [3.05, 3.63) is 29.8 Å². The Morgan fingerprint density at radius 3 is 2.60 bits per heavy atom. The fourth-order valence-corrected chi connectivity index (χ4v) is 1.19. The molecule has 0 saturated heterocycles. The van der Waals surface area contributed by atoms with E-state index in [1.165, 1.54) is 5.56 Å². The van der Waals surface area contributed by atoms with Crippen molar-refractivity contribution < 1.29 is 14.8 Å². The molecule has 0 spiro atoms. The SMILES string of the molecule is CC[NH2+]Cc1ccc(OCC(N)=O)cc1. The van der Waals surface area contributed by atoms with Crippen LogP contribution in [0.15, 0.2) is 24.3 Å². The molecule has 15 heavy (non-hydrogen) atoms. The van der Waals surface area contributed by atoms with Crippen molar-refractivity contribution in [2.45, 2.75) is 13.5 Å². The molecule has 0 radical (unpaired) electrons. The molecule has 0 aliphatic heterocycles. The lowest BCUT2D eigenvalue weighted by molar-refractivity contribution is -0.667. The number of carbonyl (C=O) groups is 1. The topological polar surface area (TPSA) is 68.9 Å². The van der Waals surface area contributed by atoms with Crippen molar-refractivity contribution in [3.63, 3.8) is 0 Å². The largest absolute Gasteiger partial charge is 0.484 e. The molecule has 1 rings (SSSR count). The van der Waals surface area contributed by atoms with Crippen LogP contribution >= 0.6 is 0 Å². The molecule has 1 aromatic rings. The highest BCUT2D eigenvalue weighted by molar-refractivity contribution is 5.75. The summed E-state index contributed by atoms with van der Waals surface area (Å²) < 4.78 is 5.14. The van der Waals surface area contributed by atoms with Gasteiger partial charge in [-0.3, -0.25) is 4.79 Å². The molecule has 0 aliphatic carbocycles. The van der Waals surface area contributed by atoms with Gasteiger partial charge in [0.1, 0.15) is 12.3 Å². The Bertz CT molecular complexity index is 309. The van der Waals surface area contributed by atoms with Gasteiger partial charge < -0.3 is 15.8 Å². The average Bonchev–Trinajstić information content (AvgIpc) is 2.25. The van der Waals surface area contributed by atoms with Crippen molar-refractivity contribution in [2.24, 2.45) is 5.73 Å². The van der Waals surface area contributed by atoms with Crippen LogP contribution in [0.3, 0.4) is 0 Å². The summed E-state index contributed by atoms with van der Waals surface area (Å²) in [5, 5.41) is 2.21. The number of hydrogen-bond donors (Lipinski definition) is 2. The third kappa shape index (κ3) is 4.46. The van der Waals surface area contributed by atoms with E-state index < -0.39 is 5.91 Å². The van der Waals surface area contributed by atoms with Gasteiger partial charge in [-0.1, -0.05) is 0 Å². The number of amides is 1. The summed E-state index contributed by atoms with van der Waals surface area (Å²) in [4.78, 5) is 10.5. The third-order valence-electron chi connectivity index (χ3n) is 1.97. The van der Waals surface area contributed by atoms with E-state index >= 15 is 0 Å². The molecule has 0 aromatic heterocycles. The first kappa shape index (κ1) is 11.5. The predicted octanol–water partition coefficient (Wildman–Crippen LogP) is -0.366. The molecule has 4 N–H and O–H groups in total. The van der Waals surface area contributed by atoms with Gasteiger partial charge in [0.2, 0.25) is 0 Å². The Kier molecular flexibility index (Phi) is 4.63. The van der Waals surface area contributed by atoms with E-state index in [1.807, 2.05) is 24.3 Å². The Morgan fingerprint density at radius 2 is 2.07 bits per heavy atom. The zero-order valence-corrected chi connectivity index (χ0v) is 8.90. The van der Waals surface area contributed by atoms with Crippen molar-refractivity contribution in [1.29, 1.82) is 0 Å². The van der Waals surface area contributed by atoms with Crippen LogP contribution in [0.2, 0.25) is 0 Å². The van der Waals surface area contributed by atoms with Gasteiger partial charge in [-0.25, -0.2) is 0 Å². The third-order valence-corrected chi connectivity index (χ3v) is 1.97. The second-order valence-electron chi connectivity index (χ2n) is 3.30. The van der Waals surface area contributed by atoms with Crippen LogP contribution in [0.4, 0.5) is 0 Å². The molecule has 0 aliphatic rings. The summed E-state index contributed by atoms with van der Waals surface area (Å²) in [6.07, 6.45) is 0. The number of rotatable bonds is 6. The fourth-order valence-electron chi connectivity index (χ4n) is 1.19. The van der Waals surface area contributed by atoms with E-state index in [1.54, 1.807) is 0 Å². The van der Waals surface area contributed by atoms with Crippen LogP contribution < -0.4 is 15.8 Å². The van der Waals surface area contributed by atoms with Crippen molar-refractivity contribution in [2.75, 3.05) is 13.2 Å². The van der Waals surface area contributed by atoms with Crippen LogP contribution in [-0.4, -0.2) is 19.1 Å². The maximum atomic E-state index is 10.5. The zero-order valence-electron chi connectivity index (χ0n) is 8.90. The number of nitrogens with two attached hydrogens (primary N) is 2. The first-order valence-corrected chi connectivity index (χ1v) is 5.04. The zero-order chi connectivity index (χ0) is 11.1. The van der Waals surface area contributed by atoms with Crippen LogP contribution in [0.1, 0.15) is 12.5 Å². The number of primary amides is 1. The van der Waals surface area contributed by atoms with E-state index in [-0.39, 0.29) is 6.61 Å². The van der Waals surface area contributed by atoms with Gasteiger partial charge >= 0.3 is 0 Å². The van der Waals surface area contributed by atoms with Crippen LogP contribution in [0.25, 0.3) is 0 Å².